The van der Waals surface area contributed by atoms with Crippen molar-refractivity contribution in [2.24, 2.45) is 11.8 Å². The predicted octanol–water partition coefficient (Wildman–Crippen LogP) is 3.39. The van der Waals surface area contributed by atoms with Gasteiger partial charge < -0.3 is 14.9 Å². The topological polar surface area (TPSA) is 70.0 Å². The van der Waals surface area contributed by atoms with Crippen LogP contribution < -0.4 is 4.74 Å². The van der Waals surface area contributed by atoms with E-state index in [1.54, 1.807) is 17.8 Å². The van der Waals surface area contributed by atoms with E-state index in [4.69, 9.17) is 26.6 Å². The largest absolute Gasteiger partial charge is 0.492 e. The lowest BCUT2D eigenvalue weighted by atomic mass is 9.83. The zero-order chi connectivity index (χ0) is 20.1. The molecule has 1 aromatic carbocycles. The molecule has 2 atom stereocenters. The van der Waals surface area contributed by atoms with E-state index in [2.05, 4.69) is 13.0 Å². The number of rotatable bonds is 9. The van der Waals surface area contributed by atoms with Crippen molar-refractivity contribution in [2.45, 2.75) is 18.2 Å². The van der Waals surface area contributed by atoms with Gasteiger partial charge in [-0.2, -0.15) is 0 Å². The third-order valence-corrected chi connectivity index (χ3v) is 6.59. The van der Waals surface area contributed by atoms with Crippen molar-refractivity contribution in [3.63, 3.8) is 0 Å². The van der Waals surface area contributed by atoms with Crippen molar-refractivity contribution in [1.82, 2.24) is 4.90 Å². The molecule has 3 rings (SSSR count). The third-order valence-electron chi connectivity index (χ3n) is 5.04. The molecule has 2 aliphatic rings. The molecule has 0 amide bonds. The van der Waals surface area contributed by atoms with Gasteiger partial charge in [0.2, 0.25) is 0 Å². The number of hydrogen-bond donors (Lipinski definition) is 2. The minimum Gasteiger partial charge on any atom is -0.492 e. The van der Waals surface area contributed by atoms with E-state index >= 15 is 0 Å². The fraction of sp³-hybridized carbons (Fsp3) is 0.476. The predicted molar refractivity (Wildman–Crippen MR) is 112 cm³/mol. The molecule has 0 aromatic heterocycles. The first-order chi connectivity index (χ1) is 13.6. The van der Waals surface area contributed by atoms with Crippen molar-refractivity contribution >= 4 is 29.1 Å². The highest BCUT2D eigenvalue weighted by molar-refractivity contribution is 8.03. The van der Waals surface area contributed by atoms with Crippen LogP contribution in [0.2, 0.25) is 5.02 Å². The maximum Gasteiger partial charge on any atom is 0.174 e. The number of Topliss-reactive ketones (excluding diaryl/α,β-unsaturated/α-hetero) is 1. The Hall–Kier alpha value is -1.31. The van der Waals surface area contributed by atoms with E-state index in [1.807, 2.05) is 23.1 Å². The quantitative estimate of drug-likeness (QED) is 0.593. The van der Waals surface area contributed by atoms with Gasteiger partial charge in [-0.25, -0.2) is 0 Å². The third kappa shape index (κ3) is 4.63. The van der Waals surface area contributed by atoms with E-state index in [0.29, 0.717) is 36.0 Å². The second-order valence-electron chi connectivity index (χ2n) is 7.00. The summed E-state index contributed by atoms with van der Waals surface area (Å²) in [5.41, 5.74) is 0.565. The molecule has 0 saturated heterocycles. The van der Waals surface area contributed by atoms with E-state index in [9.17, 15) is 4.79 Å². The van der Waals surface area contributed by atoms with Crippen molar-refractivity contribution in [2.75, 3.05) is 39.5 Å². The average Bonchev–Trinajstić information content (AvgIpc) is 2.67. The highest BCUT2D eigenvalue weighted by Crippen LogP contribution is 2.51. The van der Waals surface area contributed by atoms with Crippen LogP contribution in [0.15, 0.2) is 40.2 Å². The molecule has 0 bridgehead atoms. The summed E-state index contributed by atoms with van der Waals surface area (Å²) in [6.07, 6.45) is 6.81. The summed E-state index contributed by atoms with van der Waals surface area (Å²) < 4.78 is 5.99. The van der Waals surface area contributed by atoms with Crippen molar-refractivity contribution < 1.29 is 19.7 Å². The molecule has 2 unspecified atom stereocenters. The lowest BCUT2D eigenvalue weighted by Gasteiger charge is -2.32. The molecule has 0 fully saturated rings. The number of nitrogens with zero attached hydrogens (tertiary/aromatic N) is 1. The fourth-order valence-corrected chi connectivity index (χ4v) is 5.29. The zero-order valence-electron chi connectivity index (χ0n) is 15.9. The molecule has 0 saturated carbocycles. The van der Waals surface area contributed by atoms with Crippen molar-refractivity contribution in [3.8, 4) is 5.75 Å². The standard InChI is InChI=1S/C21H26ClNO4S/c1-14-4-2-5-17-18(14)20(26)19-15(22)6-7-16(21(19)28-17)27-13-3-8-23(9-11-24)10-12-25/h2,4-7,14,18,24-25H,3,8-13H2,1H3. The lowest BCUT2D eigenvalue weighted by Crippen LogP contribution is -2.31. The van der Waals surface area contributed by atoms with E-state index in [1.165, 1.54) is 0 Å². The van der Waals surface area contributed by atoms with Gasteiger partial charge in [0.15, 0.2) is 5.78 Å². The Balaban J connectivity index is 1.71. The van der Waals surface area contributed by atoms with Crippen LogP contribution in [0.25, 0.3) is 0 Å². The summed E-state index contributed by atoms with van der Waals surface area (Å²) in [5, 5.41) is 18.6. The molecule has 0 spiro atoms. The second-order valence-corrected chi connectivity index (χ2v) is 8.49. The SMILES string of the molecule is CC1C=CC=C2Sc3c(OCCCN(CCO)CCO)ccc(Cl)c3C(=O)C21. The molecule has 7 heteroatoms. The highest BCUT2D eigenvalue weighted by atomic mass is 35.5. The summed E-state index contributed by atoms with van der Waals surface area (Å²) in [7, 11) is 0. The Morgan fingerprint density at radius 3 is 2.68 bits per heavy atom. The summed E-state index contributed by atoms with van der Waals surface area (Å²) in [4.78, 5) is 16.9. The van der Waals surface area contributed by atoms with Gasteiger partial charge in [-0.05, 0) is 24.5 Å². The molecular weight excluding hydrogens is 398 g/mol. The van der Waals surface area contributed by atoms with E-state index in [-0.39, 0.29) is 30.8 Å². The first kappa shape index (κ1) is 21.4. The average molecular weight is 424 g/mol. The van der Waals surface area contributed by atoms with Gasteiger partial charge in [0, 0.05) is 24.5 Å². The number of fused-ring (bicyclic) bond motifs is 2. The van der Waals surface area contributed by atoms with Gasteiger partial charge >= 0.3 is 0 Å². The summed E-state index contributed by atoms with van der Waals surface area (Å²) in [6.45, 7) is 4.44. The monoisotopic (exact) mass is 423 g/mol. The van der Waals surface area contributed by atoms with Gasteiger partial charge in [0.05, 0.1) is 41.2 Å². The van der Waals surface area contributed by atoms with Gasteiger partial charge in [0.25, 0.3) is 0 Å². The minimum absolute atomic E-state index is 0.0596. The first-order valence-corrected chi connectivity index (χ1v) is 10.8. The van der Waals surface area contributed by atoms with Crippen molar-refractivity contribution in [3.05, 3.63) is 45.9 Å². The maximum absolute atomic E-state index is 13.1. The minimum atomic E-state index is -0.166. The van der Waals surface area contributed by atoms with Crippen molar-refractivity contribution in [1.29, 1.82) is 0 Å². The Morgan fingerprint density at radius 2 is 1.96 bits per heavy atom. The molecule has 1 heterocycles. The van der Waals surface area contributed by atoms with Crippen LogP contribution in [0.3, 0.4) is 0 Å². The summed E-state index contributed by atoms with van der Waals surface area (Å²) in [6, 6.07) is 3.56. The van der Waals surface area contributed by atoms with Gasteiger partial charge in [-0.15, -0.1) is 0 Å². The Morgan fingerprint density at radius 1 is 1.21 bits per heavy atom. The molecule has 1 aliphatic heterocycles. The first-order valence-electron chi connectivity index (χ1n) is 9.56. The molecule has 1 aliphatic carbocycles. The molecule has 5 nitrogen and oxygen atoms in total. The Kier molecular flexibility index (Phi) is 7.60. The Labute approximate surface area is 175 Å². The maximum atomic E-state index is 13.1. The number of aliphatic hydroxyl groups excluding tert-OH is 2. The molecule has 2 N–H and O–H groups in total. The molecule has 152 valence electrons. The molecule has 28 heavy (non-hydrogen) atoms. The Bertz CT molecular complexity index is 774. The smallest absolute Gasteiger partial charge is 0.174 e. The van der Waals surface area contributed by atoms with Crippen LogP contribution >= 0.6 is 23.4 Å². The molecule has 1 aromatic rings. The van der Waals surface area contributed by atoms with Crippen LogP contribution in [0, 0.1) is 11.8 Å². The number of ketones is 1. The van der Waals surface area contributed by atoms with E-state index < -0.39 is 0 Å². The number of aliphatic hydroxyl groups is 2. The number of ether oxygens (including phenoxy) is 1. The van der Waals surface area contributed by atoms with Crippen LogP contribution in [0.1, 0.15) is 23.7 Å². The van der Waals surface area contributed by atoms with Crippen LogP contribution in [-0.4, -0.2) is 60.4 Å². The number of benzene rings is 1. The number of carbonyl (C=O) groups is 1. The second kappa shape index (κ2) is 9.94. The summed E-state index contributed by atoms with van der Waals surface area (Å²) in [5.74, 6) is 0.720. The number of hydrogen-bond acceptors (Lipinski definition) is 6. The zero-order valence-corrected chi connectivity index (χ0v) is 17.5. The number of halogens is 1. The van der Waals surface area contributed by atoms with Crippen LogP contribution in [0.5, 0.6) is 5.75 Å². The number of allylic oxidation sites excluding steroid dienone is 4. The highest BCUT2D eigenvalue weighted by Gasteiger charge is 2.38. The normalized spacial score (nSPS) is 20.8. The fourth-order valence-electron chi connectivity index (χ4n) is 3.61. The lowest BCUT2D eigenvalue weighted by molar-refractivity contribution is 0.0917. The van der Waals surface area contributed by atoms with E-state index in [0.717, 1.165) is 22.8 Å². The number of thioether (sulfide) groups is 1. The molecular formula is C21H26ClNO4S. The summed E-state index contributed by atoms with van der Waals surface area (Å²) >= 11 is 7.95. The van der Waals surface area contributed by atoms with Gasteiger partial charge in [-0.1, -0.05) is 48.5 Å². The number of carbonyl (C=O) groups excluding carboxylic acids is 1. The van der Waals surface area contributed by atoms with Crippen LogP contribution in [0.4, 0.5) is 0 Å². The van der Waals surface area contributed by atoms with Crippen LogP contribution in [-0.2, 0) is 0 Å². The molecule has 0 radical (unpaired) electrons. The van der Waals surface area contributed by atoms with Gasteiger partial charge in [-0.3, -0.25) is 9.69 Å². The van der Waals surface area contributed by atoms with Gasteiger partial charge in [0.1, 0.15) is 5.75 Å².